The Hall–Kier alpha value is -4.68. The fourth-order valence-electron chi connectivity index (χ4n) is 3.58. The Bertz CT molecular complexity index is 1540. The van der Waals surface area contributed by atoms with E-state index in [1.54, 1.807) is 36.4 Å². The number of benzene rings is 3. The van der Waals surface area contributed by atoms with E-state index in [0.717, 1.165) is 10.5 Å². The molecule has 0 aliphatic carbocycles. The van der Waals surface area contributed by atoms with E-state index in [1.807, 2.05) is 0 Å². The Morgan fingerprint density at radius 2 is 1.85 bits per heavy atom. The summed E-state index contributed by atoms with van der Waals surface area (Å²) in [5, 5.41) is 12.9. The summed E-state index contributed by atoms with van der Waals surface area (Å²) < 4.78 is 10.4. The summed E-state index contributed by atoms with van der Waals surface area (Å²) in [6.07, 6.45) is 1.52. The molecule has 11 nitrogen and oxygen atoms in total. The monoisotopic (exact) mass is 581 g/mol. The van der Waals surface area contributed by atoms with Crippen LogP contribution < -0.4 is 10.1 Å². The number of anilines is 1. The van der Waals surface area contributed by atoms with E-state index in [1.165, 1.54) is 43.5 Å². The molecule has 4 rings (SSSR count). The molecule has 1 heterocycles. The fraction of sp³-hybridized carbons (Fsp3) is 0.111. The number of ether oxygens (including phenoxy) is 2. The third kappa shape index (κ3) is 6.84. The average molecular weight is 582 g/mol. The van der Waals surface area contributed by atoms with Gasteiger partial charge in [0.1, 0.15) is 18.9 Å². The van der Waals surface area contributed by atoms with Crippen molar-refractivity contribution in [3.8, 4) is 5.75 Å². The Morgan fingerprint density at radius 1 is 1.10 bits per heavy atom. The number of carbonyl (C=O) groups excluding carboxylic acids is 4. The lowest BCUT2D eigenvalue weighted by Gasteiger charge is -2.13. The van der Waals surface area contributed by atoms with Gasteiger partial charge in [0.15, 0.2) is 0 Å². The molecular weight excluding hydrogens is 562 g/mol. The van der Waals surface area contributed by atoms with E-state index in [-0.39, 0.29) is 33.5 Å². The smallest absolute Gasteiger partial charge is 0.339 e. The minimum atomic E-state index is -0.682. The van der Waals surface area contributed by atoms with Crippen molar-refractivity contribution in [3.05, 3.63) is 103 Å². The zero-order valence-electron chi connectivity index (χ0n) is 20.8. The first-order valence-electron chi connectivity index (χ1n) is 11.5. The number of esters is 1. The largest absolute Gasteiger partial charge is 0.489 e. The molecule has 0 bridgehead atoms. The number of hydrogen-bond donors (Lipinski definition) is 1. The van der Waals surface area contributed by atoms with Gasteiger partial charge in [0.25, 0.3) is 16.8 Å². The number of methoxy groups -OCH3 is 1. The second kappa shape index (κ2) is 12.5. The van der Waals surface area contributed by atoms with Crippen molar-refractivity contribution in [3.63, 3.8) is 0 Å². The lowest BCUT2D eigenvalue weighted by atomic mass is 10.2. The first kappa shape index (κ1) is 28.3. The highest BCUT2D eigenvalue weighted by Gasteiger charge is 2.36. The zero-order chi connectivity index (χ0) is 28.8. The molecule has 1 aliphatic rings. The van der Waals surface area contributed by atoms with E-state index in [9.17, 15) is 29.3 Å². The molecule has 3 aromatic rings. The average Bonchev–Trinajstić information content (AvgIpc) is 3.20. The SMILES string of the molecule is COC(=O)c1cc(NC(=O)CN2C(=O)S/C(=C/c3cccc(OCc4ccc([N+](=O)[O-])cc4)c3)C2=O)ccc1Cl. The van der Waals surface area contributed by atoms with Crippen LogP contribution in [0, 0.1) is 10.1 Å². The van der Waals surface area contributed by atoms with Gasteiger partial charge in [0, 0.05) is 17.8 Å². The van der Waals surface area contributed by atoms with Gasteiger partial charge in [0.2, 0.25) is 5.91 Å². The minimum absolute atomic E-state index is 0.0187. The zero-order valence-corrected chi connectivity index (χ0v) is 22.4. The van der Waals surface area contributed by atoms with Crippen LogP contribution >= 0.6 is 23.4 Å². The Labute approximate surface area is 236 Å². The highest BCUT2D eigenvalue weighted by molar-refractivity contribution is 8.18. The summed E-state index contributed by atoms with van der Waals surface area (Å²) in [4.78, 5) is 61.0. The number of nitrogens with one attached hydrogen (secondary N) is 1. The van der Waals surface area contributed by atoms with E-state index < -0.39 is 34.5 Å². The summed E-state index contributed by atoms with van der Waals surface area (Å²) in [6.45, 7) is -0.363. The number of hydrogen-bond acceptors (Lipinski definition) is 9. The lowest BCUT2D eigenvalue weighted by Crippen LogP contribution is -2.36. The minimum Gasteiger partial charge on any atom is -0.489 e. The molecule has 0 saturated carbocycles. The quantitative estimate of drug-likeness (QED) is 0.154. The van der Waals surface area contributed by atoms with Crippen molar-refractivity contribution in [2.75, 3.05) is 19.0 Å². The number of nitrogens with zero attached hydrogens (tertiary/aromatic N) is 2. The van der Waals surface area contributed by atoms with E-state index >= 15 is 0 Å². The maximum atomic E-state index is 12.9. The molecule has 0 spiro atoms. The molecule has 3 aromatic carbocycles. The number of imide groups is 1. The third-order valence-electron chi connectivity index (χ3n) is 5.54. The number of halogens is 1. The van der Waals surface area contributed by atoms with Crippen molar-refractivity contribution in [1.82, 2.24) is 4.90 Å². The highest BCUT2D eigenvalue weighted by atomic mass is 35.5. The van der Waals surface area contributed by atoms with Crippen molar-refractivity contribution in [2.45, 2.75) is 6.61 Å². The van der Waals surface area contributed by atoms with E-state index in [4.69, 9.17) is 16.3 Å². The molecule has 204 valence electrons. The predicted octanol–water partition coefficient (Wildman–Crippen LogP) is 5.29. The molecular formula is C27H20ClN3O8S. The van der Waals surface area contributed by atoms with Crippen LogP contribution in [0.5, 0.6) is 5.75 Å². The molecule has 40 heavy (non-hydrogen) atoms. The standard InChI is InChI=1S/C27H20ClN3O8S/c1-38-26(34)21-13-18(7-10-22(21)28)29-24(32)14-30-25(33)23(40-27(30)35)12-17-3-2-4-20(11-17)39-15-16-5-8-19(9-6-16)31(36)37/h2-13H,14-15H2,1H3,(H,29,32)/b23-12+. The maximum Gasteiger partial charge on any atom is 0.339 e. The highest BCUT2D eigenvalue weighted by Crippen LogP contribution is 2.33. The van der Waals surface area contributed by atoms with Crippen LogP contribution in [0.25, 0.3) is 6.08 Å². The predicted molar refractivity (Wildman–Crippen MR) is 148 cm³/mol. The van der Waals surface area contributed by atoms with E-state index in [2.05, 4.69) is 10.1 Å². The van der Waals surface area contributed by atoms with Gasteiger partial charge < -0.3 is 14.8 Å². The van der Waals surface area contributed by atoms with Gasteiger partial charge in [-0.2, -0.15) is 0 Å². The molecule has 0 atom stereocenters. The topological polar surface area (TPSA) is 145 Å². The third-order valence-corrected chi connectivity index (χ3v) is 6.78. The first-order chi connectivity index (χ1) is 19.1. The summed E-state index contributed by atoms with van der Waals surface area (Å²) in [7, 11) is 1.20. The van der Waals surface area contributed by atoms with Gasteiger partial charge in [-0.05, 0) is 71.4 Å². The van der Waals surface area contributed by atoms with Gasteiger partial charge in [-0.1, -0.05) is 23.7 Å². The van der Waals surface area contributed by atoms with Crippen molar-refractivity contribution < 1.29 is 33.6 Å². The molecule has 13 heteroatoms. The number of thioether (sulfide) groups is 1. The summed E-state index contributed by atoms with van der Waals surface area (Å²) in [6, 6.07) is 17.0. The molecule has 1 aliphatic heterocycles. The molecule has 1 N–H and O–H groups in total. The Balaban J connectivity index is 1.39. The number of rotatable bonds is 9. The number of carbonyl (C=O) groups is 4. The van der Waals surface area contributed by atoms with Gasteiger partial charge in [-0.3, -0.25) is 29.4 Å². The number of amides is 3. The van der Waals surface area contributed by atoms with Gasteiger partial charge in [-0.15, -0.1) is 0 Å². The molecule has 0 radical (unpaired) electrons. The molecule has 1 fully saturated rings. The molecule has 1 saturated heterocycles. The van der Waals surface area contributed by atoms with Gasteiger partial charge >= 0.3 is 5.97 Å². The van der Waals surface area contributed by atoms with Gasteiger partial charge in [0.05, 0.1) is 27.5 Å². The van der Waals surface area contributed by atoms with Crippen LogP contribution in [0.4, 0.5) is 16.2 Å². The van der Waals surface area contributed by atoms with Crippen LogP contribution in [0.3, 0.4) is 0 Å². The van der Waals surface area contributed by atoms with Gasteiger partial charge in [-0.25, -0.2) is 4.79 Å². The van der Waals surface area contributed by atoms with Crippen LogP contribution in [-0.4, -0.2) is 46.5 Å². The summed E-state index contributed by atoms with van der Waals surface area (Å²) >= 11 is 6.69. The van der Waals surface area contributed by atoms with Crippen molar-refractivity contribution in [1.29, 1.82) is 0 Å². The second-order valence-corrected chi connectivity index (χ2v) is 9.69. The maximum absolute atomic E-state index is 12.9. The number of nitro benzene ring substituents is 1. The lowest BCUT2D eigenvalue weighted by molar-refractivity contribution is -0.384. The molecule has 3 amide bonds. The Kier molecular flexibility index (Phi) is 8.82. The second-order valence-electron chi connectivity index (χ2n) is 8.29. The first-order valence-corrected chi connectivity index (χ1v) is 12.7. The Morgan fingerprint density at radius 3 is 2.55 bits per heavy atom. The fourth-order valence-corrected chi connectivity index (χ4v) is 4.61. The summed E-state index contributed by atoms with van der Waals surface area (Å²) in [5.41, 5.74) is 1.59. The van der Waals surface area contributed by atoms with Crippen LogP contribution in [-0.2, 0) is 20.9 Å². The van der Waals surface area contributed by atoms with Crippen molar-refractivity contribution >= 4 is 63.8 Å². The van der Waals surface area contributed by atoms with Crippen LogP contribution in [0.2, 0.25) is 5.02 Å². The van der Waals surface area contributed by atoms with Crippen LogP contribution in [0.1, 0.15) is 21.5 Å². The molecule has 0 unspecified atom stereocenters. The number of nitro groups is 1. The normalized spacial score (nSPS) is 13.8. The summed E-state index contributed by atoms with van der Waals surface area (Å²) in [5.74, 6) is -1.48. The van der Waals surface area contributed by atoms with Crippen molar-refractivity contribution in [2.24, 2.45) is 0 Å². The number of non-ortho nitro benzene ring substituents is 1. The van der Waals surface area contributed by atoms with E-state index in [0.29, 0.717) is 23.1 Å². The molecule has 0 aromatic heterocycles. The van der Waals surface area contributed by atoms with Crippen LogP contribution in [0.15, 0.2) is 71.6 Å².